The molecule has 1 amide bonds. The van der Waals surface area contributed by atoms with Crippen LogP contribution >= 0.6 is 0 Å². The monoisotopic (exact) mass is 539 g/mol. The first-order chi connectivity index (χ1) is 18.1. The van der Waals surface area contributed by atoms with Crippen LogP contribution in [0.25, 0.3) is 11.3 Å². The van der Waals surface area contributed by atoms with Gasteiger partial charge in [-0.15, -0.1) is 0 Å². The van der Waals surface area contributed by atoms with Gasteiger partial charge in [0.25, 0.3) is 15.9 Å². The van der Waals surface area contributed by atoms with Crippen molar-refractivity contribution in [1.82, 2.24) is 14.7 Å². The van der Waals surface area contributed by atoms with Gasteiger partial charge in [0.1, 0.15) is 23.2 Å². The summed E-state index contributed by atoms with van der Waals surface area (Å²) in [5.41, 5.74) is 6.69. The second kappa shape index (κ2) is 10.2. The van der Waals surface area contributed by atoms with Crippen LogP contribution in [0.15, 0.2) is 53.6 Å². The van der Waals surface area contributed by atoms with Crippen LogP contribution in [0.5, 0.6) is 5.75 Å². The normalized spacial score (nSPS) is 18.7. The first-order valence-corrected chi connectivity index (χ1v) is 14.1. The minimum atomic E-state index is -4.27. The van der Waals surface area contributed by atoms with Gasteiger partial charge >= 0.3 is 0 Å². The molecule has 1 saturated carbocycles. The smallest absolute Gasteiger partial charge is 0.281 e. The Bertz CT molecular complexity index is 1480. The number of carbonyl (C=O) groups excluding carboxylic acids is 1. The zero-order valence-electron chi connectivity index (χ0n) is 21.2. The Labute approximate surface area is 221 Å². The van der Waals surface area contributed by atoms with Crippen LogP contribution < -0.4 is 20.1 Å². The highest BCUT2D eigenvalue weighted by atomic mass is 32.2. The molecule has 5 rings (SSSR count). The van der Waals surface area contributed by atoms with E-state index in [9.17, 15) is 17.6 Å². The van der Waals surface area contributed by atoms with Crippen LogP contribution in [-0.4, -0.2) is 43.5 Å². The zero-order chi connectivity index (χ0) is 27.0. The number of nitrogens with two attached hydrogens (primary N) is 1. The highest BCUT2D eigenvalue weighted by Crippen LogP contribution is 2.41. The Balaban J connectivity index is 1.51. The lowest BCUT2D eigenvalue weighted by molar-refractivity contribution is 0.0981. The van der Waals surface area contributed by atoms with E-state index in [1.807, 2.05) is 13.8 Å². The van der Waals surface area contributed by atoms with E-state index in [0.717, 1.165) is 25.8 Å². The van der Waals surface area contributed by atoms with Crippen molar-refractivity contribution in [3.05, 3.63) is 59.9 Å². The van der Waals surface area contributed by atoms with E-state index in [-0.39, 0.29) is 28.4 Å². The number of carbonyl (C=O) groups is 1. The lowest BCUT2D eigenvalue weighted by Gasteiger charge is -2.30. The Hall–Kier alpha value is -3.73. The minimum Gasteiger partial charge on any atom is -0.493 e. The number of nitrogens with one attached hydrogen (secondary N) is 1. The van der Waals surface area contributed by atoms with E-state index in [4.69, 9.17) is 15.5 Å². The van der Waals surface area contributed by atoms with Crippen LogP contribution in [0.2, 0.25) is 0 Å². The van der Waals surface area contributed by atoms with Crippen LogP contribution in [-0.2, 0) is 10.0 Å². The summed E-state index contributed by atoms with van der Waals surface area (Å²) in [5.74, 6) is 0.252. The molecular formula is C27H30FN5O4S. The van der Waals surface area contributed by atoms with Gasteiger partial charge in [-0.3, -0.25) is 4.79 Å². The van der Waals surface area contributed by atoms with Crippen LogP contribution in [0.1, 0.15) is 43.5 Å². The third kappa shape index (κ3) is 5.42. The molecule has 9 nitrogen and oxygen atoms in total. The van der Waals surface area contributed by atoms with Crippen LogP contribution in [0, 0.1) is 17.7 Å². The molecule has 11 heteroatoms. The highest BCUT2D eigenvalue weighted by molar-refractivity contribution is 7.90. The lowest BCUT2D eigenvalue weighted by Crippen LogP contribution is -2.37. The first kappa shape index (κ1) is 25.9. The van der Waals surface area contributed by atoms with Crippen LogP contribution in [0.3, 0.4) is 0 Å². The summed E-state index contributed by atoms with van der Waals surface area (Å²) in [6.45, 7) is 5.17. The van der Waals surface area contributed by atoms with E-state index < -0.39 is 21.7 Å². The minimum absolute atomic E-state index is 0.0203. The van der Waals surface area contributed by atoms with Gasteiger partial charge in [-0.1, -0.05) is 19.9 Å². The number of aromatic nitrogens is 2. The number of hydrogen-bond acceptors (Lipinski definition) is 8. The molecule has 200 valence electrons. The lowest BCUT2D eigenvalue weighted by atomic mass is 10.1. The quantitative estimate of drug-likeness (QED) is 0.440. The topological polar surface area (TPSA) is 128 Å². The molecule has 38 heavy (non-hydrogen) atoms. The van der Waals surface area contributed by atoms with Gasteiger partial charge in [0.2, 0.25) is 0 Å². The molecule has 0 unspecified atom stereocenters. The molecule has 0 radical (unpaired) electrons. The maximum absolute atomic E-state index is 14.5. The Morgan fingerprint density at radius 2 is 2.00 bits per heavy atom. The summed E-state index contributed by atoms with van der Waals surface area (Å²) in [6, 6.07) is 11.9. The molecule has 2 aliphatic rings. The van der Waals surface area contributed by atoms with Gasteiger partial charge in [-0.25, -0.2) is 19.1 Å². The molecule has 1 aliphatic heterocycles. The van der Waals surface area contributed by atoms with Crippen molar-refractivity contribution in [2.24, 2.45) is 11.8 Å². The molecule has 2 atom stereocenters. The van der Waals surface area contributed by atoms with Gasteiger partial charge < -0.3 is 15.4 Å². The maximum atomic E-state index is 14.5. The van der Waals surface area contributed by atoms with Crippen molar-refractivity contribution in [2.75, 3.05) is 23.8 Å². The van der Waals surface area contributed by atoms with Crippen LogP contribution in [0.4, 0.5) is 16.0 Å². The molecular weight excluding hydrogens is 509 g/mol. The van der Waals surface area contributed by atoms with Crippen molar-refractivity contribution in [3.8, 4) is 17.0 Å². The number of rotatable bonds is 8. The SMILES string of the molecule is CC(C)COc1cc(F)cc(-c2ccc(C(=O)NS(=O)(=O)c3cccc(N)n3)c(N3C[C@@H]4CC[C@@H]3C4)n2)c1. The van der Waals surface area contributed by atoms with Gasteiger partial charge in [0, 0.05) is 24.2 Å². The molecule has 2 aromatic heterocycles. The molecule has 2 fully saturated rings. The van der Waals surface area contributed by atoms with Crippen molar-refractivity contribution in [3.63, 3.8) is 0 Å². The Morgan fingerprint density at radius 3 is 2.68 bits per heavy atom. The number of piperidine rings is 1. The van der Waals surface area contributed by atoms with Crippen molar-refractivity contribution < 1.29 is 22.3 Å². The predicted octanol–water partition coefficient (Wildman–Crippen LogP) is 4.01. The largest absolute Gasteiger partial charge is 0.493 e. The number of anilines is 2. The fourth-order valence-corrected chi connectivity index (χ4v) is 6.00. The average Bonchev–Trinajstić information content (AvgIpc) is 3.51. The number of halogens is 1. The Morgan fingerprint density at radius 1 is 1.18 bits per heavy atom. The summed E-state index contributed by atoms with van der Waals surface area (Å²) in [5, 5.41) is -0.356. The number of nitrogens with zero attached hydrogens (tertiary/aromatic N) is 3. The summed E-state index contributed by atoms with van der Waals surface area (Å²) in [6.07, 6.45) is 3.07. The second-order valence-corrected chi connectivity index (χ2v) is 11.9. The van der Waals surface area contributed by atoms with E-state index in [2.05, 4.69) is 14.6 Å². The number of sulfonamides is 1. The summed E-state index contributed by atoms with van der Waals surface area (Å²) >= 11 is 0. The molecule has 2 bridgehead atoms. The number of hydrogen-bond donors (Lipinski definition) is 2. The highest BCUT2D eigenvalue weighted by Gasteiger charge is 2.40. The fourth-order valence-electron chi connectivity index (χ4n) is 5.06. The predicted molar refractivity (Wildman–Crippen MR) is 142 cm³/mol. The second-order valence-electron chi connectivity index (χ2n) is 10.3. The molecule has 0 spiro atoms. The number of fused-ring (bicyclic) bond motifs is 2. The van der Waals surface area contributed by atoms with E-state index in [1.54, 1.807) is 12.1 Å². The third-order valence-electron chi connectivity index (χ3n) is 6.80. The Kier molecular flexibility index (Phi) is 6.95. The molecule has 3 aromatic rings. The van der Waals surface area contributed by atoms with E-state index in [1.165, 1.54) is 36.4 Å². The van der Waals surface area contributed by atoms with Crippen molar-refractivity contribution in [1.29, 1.82) is 0 Å². The number of benzene rings is 1. The molecule has 3 N–H and O–H groups in total. The number of ether oxygens (including phenoxy) is 1. The maximum Gasteiger partial charge on any atom is 0.281 e. The van der Waals surface area contributed by atoms with Crippen molar-refractivity contribution >= 4 is 27.6 Å². The van der Waals surface area contributed by atoms with Gasteiger partial charge in [0.15, 0.2) is 5.03 Å². The van der Waals surface area contributed by atoms with Gasteiger partial charge in [-0.2, -0.15) is 8.42 Å². The van der Waals surface area contributed by atoms with Gasteiger partial charge in [0.05, 0.1) is 17.9 Å². The third-order valence-corrected chi connectivity index (χ3v) is 8.03. The molecule has 1 saturated heterocycles. The summed E-state index contributed by atoms with van der Waals surface area (Å²) in [4.78, 5) is 24.0. The fraction of sp³-hybridized carbons (Fsp3) is 0.370. The summed E-state index contributed by atoms with van der Waals surface area (Å²) in [7, 11) is -4.27. The molecule has 1 aliphatic carbocycles. The first-order valence-electron chi connectivity index (χ1n) is 12.6. The van der Waals surface area contributed by atoms with E-state index >= 15 is 0 Å². The van der Waals surface area contributed by atoms with Gasteiger partial charge in [-0.05, 0) is 67.5 Å². The zero-order valence-corrected chi connectivity index (χ0v) is 22.0. The van der Waals surface area contributed by atoms with E-state index in [0.29, 0.717) is 35.3 Å². The standard InChI is InChI=1S/C27H30FN5O4S/c1-16(2)15-37-21-12-18(11-19(28)13-21)23-9-8-22(26(30-23)33-14-17-6-7-20(33)10-17)27(34)32-38(35,36)25-5-3-4-24(29)31-25/h3-5,8-9,11-13,16-17,20H,6-7,10,14-15H2,1-2H3,(H2,29,31)(H,32,34)/t17-,20-/m1/s1. The molecule has 1 aromatic carbocycles. The average molecular weight is 540 g/mol. The molecule has 3 heterocycles. The summed E-state index contributed by atoms with van der Waals surface area (Å²) < 4.78 is 48.0. The number of nitrogen functional groups attached to an aromatic ring is 1. The number of amides is 1. The number of pyridine rings is 2. The van der Waals surface area contributed by atoms with Crippen molar-refractivity contribution in [2.45, 2.75) is 44.2 Å².